The van der Waals surface area contributed by atoms with Crippen LogP contribution < -0.4 is 10.6 Å². The predicted molar refractivity (Wildman–Crippen MR) is 102 cm³/mol. The summed E-state index contributed by atoms with van der Waals surface area (Å²) in [6.07, 6.45) is 0. The second-order valence-corrected chi connectivity index (χ2v) is 8.69. The zero-order valence-corrected chi connectivity index (χ0v) is 16.6. The first-order valence-electron chi connectivity index (χ1n) is 9.30. The maximum absolute atomic E-state index is 12.2. The number of urea groups is 2. The molecule has 2 aliphatic heterocycles. The zero-order chi connectivity index (χ0) is 19.3. The van der Waals surface area contributed by atoms with Gasteiger partial charge in [-0.05, 0) is 52.7 Å². The molecule has 0 aromatic heterocycles. The fourth-order valence-corrected chi connectivity index (χ4v) is 3.17. The van der Waals surface area contributed by atoms with Crippen LogP contribution in [0.4, 0.5) is 9.59 Å². The molecule has 1 aromatic rings. The molecule has 2 N–H and O–H groups in total. The van der Waals surface area contributed by atoms with Gasteiger partial charge in [0.1, 0.15) is 0 Å². The van der Waals surface area contributed by atoms with E-state index in [0.717, 1.165) is 24.2 Å². The molecule has 142 valence electrons. The van der Waals surface area contributed by atoms with E-state index in [9.17, 15) is 9.59 Å². The van der Waals surface area contributed by atoms with Crippen molar-refractivity contribution in [3.05, 3.63) is 35.4 Å². The van der Waals surface area contributed by atoms with Gasteiger partial charge in [-0.3, -0.25) is 0 Å². The molecule has 6 nitrogen and oxygen atoms in total. The quantitative estimate of drug-likeness (QED) is 0.813. The van der Waals surface area contributed by atoms with Crippen molar-refractivity contribution in [2.24, 2.45) is 0 Å². The van der Waals surface area contributed by atoms with Gasteiger partial charge < -0.3 is 20.4 Å². The summed E-state index contributed by atoms with van der Waals surface area (Å²) in [6.45, 7) is 13.7. The Bertz CT molecular complexity index is 650. The Morgan fingerprint density at radius 3 is 1.31 bits per heavy atom. The minimum absolute atomic E-state index is 0.0215. The largest absolute Gasteiger partial charge is 0.329 e. The summed E-state index contributed by atoms with van der Waals surface area (Å²) in [5, 5.41) is 6.19. The van der Waals surface area contributed by atoms with E-state index in [1.807, 2.05) is 75.6 Å². The smallest absolute Gasteiger partial charge is 0.318 e. The highest BCUT2D eigenvalue weighted by atomic mass is 16.2. The van der Waals surface area contributed by atoms with E-state index in [-0.39, 0.29) is 12.1 Å². The highest BCUT2D eigenvalue weighted by Gasteiger charge is 2.38. The molecule has 4 amide bonds. The fourth-order valence-electron chi connectivity index (χ4n) is 3.17. The van der Waals surface area contributed by atoms with E-state index in [1.54, 1.807) is 0 Å². The number of hydrogen-bond acceptors (Lipinski definition) is 2. The highest BCUT2D eigenvalue weighted by molar-refractivity contribution is 5.78. The number of nitrogens with zero attached hydrogens (tertiary/aromatic N) is 2. The van der Waals surface area contributed by atoms with Crippen molar-refractivity contribution in [1.82, 2.24) is 20.4 Å². The van der Waals surface area contributed by atoms with Gasteiger partial charge >= 0.3 is 12.1 Å². The van der Waals surface area contributed by atoms with Crippen molar-refractivity contribution in [1.29, 1.82) is 0 Å². The fraction of sp³-hybridized carbons (Fsp3) is 0.600. The molecule has 0 spiro atoms. The van der Waals surface area contributed by atoms with E-state index < -0.39 is 11.1 Å². The molecule has 0 aliphatic carbocycles. The van der Waals surface area contributed by atoms with Gasteiger partial charge in [-0.1, -0.05) is 24.3 Å². The minimum atomic E-state index is -0.458. The molecule has 2 saturated heterocycles. The molecule has 26 heavy (non-hydrogen) atoms. The Kier molecular flexibility index (Phi) is 4.41. The molecular weight excluding hydrogens is 328 g/mol. The van der Waals surface area contributed by atoms with Gasteiger partial charge in [0.25, 0.3) is 0 Å². The van der Waals surface area contributed by atoms with Crippen LogP contribution in [0.1, 0.15) is 52.7 Å². The number of rotatable bonds is 4. The maximum atomic E-state index is 12.2. The molecule has 2 atom stereocenters. The van der Waals surface area contributed by atoms with Gasteiger partial charge in [-0.2, -0.15) is 0 Å². The molecule has 1 aromatic carbocycles. The third-order valence-corrected chi connectivity index (χ3v) is 5.41. The lowest BCUT2D eigenvalue weighted by Crippen LogP contribution is -2.44. The summed E-state index contributed by atoms with van der Waals surface area (Å²) in [5.41, 5.74) is 1.15. The second-order valence-electron chi connectivity index (χ2n) is 8.69. The summed E-state index contributed by atoms with van der Waals surface area (Å²) >= 11 is 0. The maximum Gasteiger partial charge on any atom is 0.318 e. The Labute approximate surface area is 155 Å². The summed E-state index contributed by atoms with van der Waals surface area (Å²) < 4.78 is 0. The van der Waals surface area contributed by atoms with Gasteiger partial charge in [-0.15, -0.1) is 0 Å². The van der Waals surface area contributed by atoms with Crippen molar-refractivity contribution in [3.8, 4) is 0 Å². The van der Waals surface area contributed by atoms with Gasteiger partial charge in [0, 0.05) is 25.2 Å². The molecule has 2 fully saturated rings. The molecule has 6 heteroatoms. The molecule has 0 bridgehead atoms. The normalized spacial score (nSPS) is 22.1. The zero-order valence-electron chi connectivity index (χ0n) is 16.6. The van der Waals surface area contributed by atoms with Crippen LogP contribution in [-0.2, 0) is 11.1 Å². The lowest BCUT2D eigenvalue weighted by atomic mass is 9.89. The Morgan fingerprint density at radius 2 is 1.08 bits per heavy atom. The first-order valence-corrected chi connectivity index (χ1v) is 9.30. The van der Waals surface area contributed by atoms with E-state index in [1.165, 1.54) is 0 Å². The molecule has 0 saturated carbocycles. The third kappa shape index (κ3) is 3.79. The summed E-state index contributed by atoms with van der Waals surface area (Å²) in [6, 6.07) is 8.72. The Morgan fingerprint density at radius 1 is 0.808 bits per heavy atom. The van der Waals surface area contributed by atoms with E-state index in [2.05, 4.69) is 10.6 Å². The van der Waals surface area contributed by atoms with Crippen molar-refractivity contribution >= 4 is 12.1 Å². The van der Waals surface area contributed by atoms with E-state index in [0.29, 0.717) is 12.1 Å². The van der Waals surface area contributed by atoms with Gasteiger partial charge in [0.2, 0.25) is 0 Å². The molecule has 0 radical (unpaired) electrons. The number of hydrogen-bond donors (Lipinski definition) is 2. The Hall–Kier alpha value is -2.24. The van der Waals surface area contributed by atoms with Crippen molar-refractivity contribution in [2.45, 2.75) is 64.7 Å². The highest BCUT2D eigenvalue weighted by Crippen LogP contribution is 2.27. The topological polar surface area (TPSA) is 64.2 Å². The SMILES string of the molecule is CC1CN1C(=O)NC(C)(C)c1ccc(C(C)(C)NC(=O)N2CC2C)cc1. The van der Waals surface area contributed by atoms with Crippen LogP contribution in [0.3, 0.4) is 0 Å². The number of amides is 4. The van der Waals surface area contributed by atoms with Gasteiger partial charge in [0.15, 0.2) is 0 Å². The lowest BCUT2D eigenvalue weighted by Gasteiger charge is -2.30. The summed E-state index contributed by atoms with van der Waals surface area (Å²) in [5.74, 6) is 0. The minimum Gasteiger partial charge on any atom is -0.329 e. The van der Waals surface area contributed by atoms with Gasteiger partial charge in [0.05, 0.1) is 11.1 Å². The van der Waals surface area contributed by atoms with E-state index in [4.69, 9.17) is 0 Å². The van der Waals surface area contributed by atoms with E-state index >= 15 is 0 Å². The first-order chi connectivity index (χ1) is 12.0. The number of benzene rings is 1. The van der Waals surface area contributed by atoms with Crippen LogP contribution >= 0.6 is 0 Å². The molecule has 3 rings (SSSR count). The summed E-state index contributed by atoms with van der Waals surface area (Å²) in [4.78, 5) is 28.0. The van der Waals surface area contributed by atoms with Crippen LogP contribution in [0, 0.1) is 0 Å². The monoisotopic (exact) mass is 358 g/mol. The molecule has 2 heterocycles. The van der Waals surface area contributed by atoms with Crippen LogP contribution in [-0.4, -0.2) is 47.0 Å². The van der Waals surface area contributed by atoms with Gasteiger partial charge in [-0.25, -0.2) is 9.59 Å². The average molecular weight is 358 g/mol. The number of carbonyl (C=O) groups is 2. The Balaban J connectivity index is 1.66. The van der Waals surface area contributed by atoms with Crippen LogP contribution in [0.15, 0.2) is 24.3 Å². The standard InChI is InChI=1S/C20H30N4O2/c1-13-11-23(13)17(25)21-19(3,4)15-7-9-16(10-8-15)20(5,6)22-18(26)24-12-14(24)2/h7-10,13-14H,11-12H2,1-6H3,(H,21,25)(H,22,26). The molecular formula is C20H30N4O2. The van der Waals surface area contributed by atoms with Crippen LogP contribution in [0.5, 0.6) is 0 Å². The molecule has 2 unspecified atom stereocenters. The summed E-state index contributed by atoms with van der Waals surface area (Å²) in [7, 11) is 0. The molecule has 2 aliphatic rings. The van der Waals surface area contributed by atoms with Crippen molar-refractivity contribution < 1.29 is 9.59 Å². The van der Waals surface area contributed by atoms with Crippen molar-refractivity contribution in [2.75, 3.05) is 13.1 Å². The average Bonchev–Trinajstić information content (AvgIpc) is 3.44. The third-order valence-electron chi connectivity index (χ3n) is 5.41. The van der Waals surface area contributed by atoms with Crippen LogP contribution in [0.2, 0.25) is 0 Å². The first kappa shape index (κ1) is 18.5. The van der Waals surface area contributed by atoms with Crippen LogP contribution in [0.25, 0.3) is 0 Å². The lowest BCUT2D eigenvalue weighted by molar-refractivity contribution is 0.214. The number of carbonyl (C=O) groups excluding carboxylic acids is 2. The predicted octanol–water partition coefficient (Wildman–Crippen LogP) is 2.98. The second kappa shape index (κ2) is 6.18. The van der Waals surface area contributed by atoms with Crippen molar-refractivity contribution in [3.63, 3.8) is 0 Å². The number of nitrogens with one attached hydrogen (secondary N) is 2.